The van der Waals surface area contributed by atoms with Crippen molar-refractivity contribution in [2.45, 2.75) is 13.0 Å². The van der Waals surface area contributed by atoms with Crippen LogP contribution in [0.25, 0.3) is 0 Å². The van der Waals surface area contributed by atoms with Crippen LogP contribution in [0.3, 0.4) is 0 Å². The first kappa shape index (κ1) is 11.4. The monoisotopic (exact) mass is 211 g/mol. The molecule has 3 heteroatoms. The van der Waals surface area contributed by atoms with Crippen molar-refractivity contribution in [3.05, 3.63) is 29.3 Å². The summed E-state index contributed by atoms with van der Waals surface area (Å²) in [5, 5.41) is 3.22. The zero-order valence-corrected chi connectivity index (χ0v) is 9.77. The van der Waals surface area contributed by atoms with Crippen LogP contribution in [-0.2, 0) is 0 Å². The molecule has 0 aromatic heterocycles. The first-order chi connectivity index (χ1) is 6.72. The van der Waals surface area contributed by atoms with Gasteiger partial charge < -0.3 is 10.1 Å². The average molecular weight is 211 g/mol. The molecular formula is C11H17NOS. The Bertz CT molecular complexity index is 297. The Morgan fingerprint density at radius 1 is 1.50 bits per heavy atom. The van der Waals surface area contributed by atoms with Gasteiger partial charge in [0, 0.05) is 11.8 Å². The molecule has 0 radical (unpaired) electrons. The lowest BCUT2D eigenvalue weighted by Gasteiger charge is -2.15. The third kappa shape index (κ3) is 2.42. The van der Waals surface area contributed by atoms with Crippen molar-refractivity contribution < 1.29 is 4.74 Å². The summed E-state index contributed by atoms with van der Waals surface area (Å²) >= 11 is 4.30. The fourth-order valence-corrected chi connectivity index (χ4v) is 1.88. The van der Waals surface area contributed by atoms with Gasteiger partial charge in [-0.25, -0.2) is 0 Å². The molecule has 0 fully saturated rings. The molecule has 1 aromatic carbocycles. The maximum absolute atomic E-state index is 5.21. The van der Waals surface area contributed by atoms with Gasteiger partial charge in [0.1, 0.15) is 5.75 Å². The molecule has 0 aliphatic carbocycles. The van der Waals surface area contributed by atoms with Gasteiger partial charge in [-0.05, 0) is 31.2 Å². The number of methoxy groups -OCH3 is 1. The topological polar surface area (TPSA) is 21.3 Å². The molecule has 14 heavy (non-hydrogen) atoms. The predicted octanol–water partition coefficient (Wildman–Crippen LogP) is 2.19. The normalized spacial score (nSPS) is 12.6. The van der Waals surface area contributed by atoms with Crippen LogP contribution < -0.4 is 10.1 Å². The quantitative estimate of drug-likeness (QED) is 0.745. The smallest absolute Gasteiger partial charge is 0.121 e. The van der Waals surface area contributed by atoms with E-state index in [0.717, 1.165) is 17.1 Å². The Hall–Kier alpha value is -0.670. The standard InChI is InChI=1S/C11H17NOS/c1-8-6-9(10(7-14)12-2)4-5-11(8)13-3/h4-6,10,12,14H,7H2,1-3H3. The van der Waals surface area contributed by atoms with Crippen molar-refractivity contribution in [2.75, 3.05) is 19.9 Å². The maximum Gasteiger partial charge on any atom is 0.121 e. The Labute approximate surface area is 91.1 Å². The second kappa shape index (κ2) is 5.27. The van der Waals surface area contributed by atoms with E-state index in [-0.39, 0.29) is 0 Å². The van der Waals surface area contributed by atoms with Gasteiger partial charge in [-0.15, -0.1) is 0 Å². The molecule has 1 N–H and O–H groups in total. The van der Waals surface area contributed by atoms with Crippen LogP contribution in [0.5, 0.6) is 5.75 Å². The van der Waals surface area contributed by atoms with Gasteiger partial charge >= 0.3 is 0 Å². The van der Waals surface area contributed by atoms with Gasteiger partial charge in [-0.2, -0.15) is 12.6 Å². The van der Waals surface area contributed by atoms with Crippen LogP contribution in [0.15, 0.2) is 18.2 Å². The molecule has 0 aliphatic rings. The van der Waals surface area contributed by atoms with E-state index < -0.39 is 0 Å². The molecule has 0 saturated heterocycles. The summed E-state index contributed by atoms with van der Waals surface area (Å²) in [6.45, 7) is 2.05. The van der Waals surface area contributed by atoms with Gasteiger partial charge in [-0.1, -0.05) is 12.1 Å². The van der Waals surface area contributed by atoms with Crippen molar-refractivity contribution in [3.63, 3.8) is 0 Å². The van der Waals surface area contributed by atoms with Crippen LogP contribution in [0, 0.1) is 6.92 Å². The van der Waals surface area contributed by atoms with E-state index in [1.807, 2.05) is 20.0 Å². The van der Waals surface area contributed by atoms with E-state index in [2.05, 4.69) is 30.1 Å². The number of thiol groups is 1. The fourth-order valence-electron chi connectivity index (χ4n) is 1.48. The summed E-state index contributed by atoms with van der Waals surface area (Å²) in [4.78, 5) is 0. The highest BCUT2D eigenvalue weighted by Gasteiger charge is 2.08. The zero-order valence-electron chi connectivity index (χ0n) is 8.87. The third-order valence-corrected chi connectivity index (χ3v) is 2.72. The van der Waals surface area contributed by atoms with Gasteiger partial charge in [0.2, 0.25) is 0 Å². The highest BCUT2D eigenvalue weighted by molar-refractivity contribution is 7.80. The molecule has 1 rings (SSSR count). The number of nitrogens with one attached hydrogen (secondary N) is 1. The number of hydrogen-bond acceptors (Lipinski definition) is 3. The number of ether oxygens (including phenoxy) is 1. The van der Waals surface area contributed by atoms with E-state index in [1.54, 1.807) is 7.11 Å². The minimum absolute atomic E-state index is 0.308. The van der Waals surface area contributed by atoms with E-state index in [0.29, 0.717) is 6.04 Å². The highest BCUT2D eigenvalue weighted by atomic mass is 32.1. The molecule has 0 bridgehead atoms. The molecule has 0 aliphatic heterocycles. The maximum atomic E-state index is 5.21. The van der Waals surface area contributed by atoms with Crippen LogP contribution in [-0.4, -0.2) is 19.9 Å². The minimum atomic E-state index is 0.308. The number of hydrogen-bond donors (Lipinski definition) is 2. The van der Waals surface area contributed by atoms with Crippen molar-refractivity contribution in [1.29, 1.82) is 0 Å². The Balaban J connectivity index is 2.95. The highest BCUT2D eigenvalue weighted by Crippen LogP contribution is 2.22. The zero-order chi connectivity index (χ0) is 10.6. The molecule has 0 spiro atoms. The molecule has 2 nitrogen and oxygen atoms in total. The Morgan fingerprint density at radius 2 is 2.21 bits per heavy atom. The average Bonchev–Trinajstić information content (AvgIpc) is 2.20. The van der Waals surface area contributed by atoms with Crippen molar-refractivity contribution in [1.82, 2.24) is 5.32 Å². The summed E-state index contributed by atoms with van der Waals surface area (Å²) in [6.07, 6.45) is 0. The number of aryl methyl sites for hydroxylation is 1. The minimum Gasteiger partial charge on any atom is -0.496 e. The SMILES string of the molecule is CNC(CS)c1ccc(OC)c(C)c1. The molecule has 1 aromatic rings. The predicted molar refractivity (Wildman–Crippen MR) is 63.4 cm³/mol. The number of benzene rings is 1. The molecule has 0 amide bonds. The van der Waals surface area contributed by atoms with E-state index >= 15 is 0 Å². The summed E-state index contributed by atoms with van der Waals surface area (Å²) in [5.74, 6) is 1.73. The molecule has 1 atom stereocenters. The van der Waals surface area contributed by atoms with Crippen LogP contribution in [0.1, 0.15) is 17.2 Å². The van der Waals surface area contributed by atoms with Gasteiger partial charge in [-0.3, -0.25) is 0 Å². The molecule has 0 heterocycles. The largest absolute Gasteiger partial charge is 0.496 e. The molecule has 78 valence electrons. The van der Waals surface area contributed by atoms with E-state index in [4.69, 9.17) is 4.74 Å². The van der Waals surface area contributed by atoms with E-state index in [9.17, 15) is 0 Å². The van der Waals surface area contributed by atoms with Gasteiger partial charge in [0.15, 0.2) is 0 Å². The lowest BCUT2D eigenvalue weighted by atomic mass is 10.1. The molecule has 1 unspecified atom stereocenters. The van der Waals surface area contributed by atoms with Gasteiger partial charge in [0.05, 0.1) is 7.11 Å². The Kier molecular flexibility index (Phi) is 4.29. The number of rotatable bonds is 4. The summed E-state index contributed by atoms with van der Waals surface area (Å²) in [5.41, 5.74) is 2.41. The lowest BCUT2D eigenvalue weighted by Crippen LogP contribution is -2.17. The third-order valence-electron chi connectivity index (χ3n) is 2.35. The first-order valence-electron chi connectivity index (χ1n) is 4.65. The van der Waals surface area contributed by atoms with Crippen LogP contribution in [0.4, 0.5) is 0 Å². The molecule has 0 saturated carbocycles. The van der Waals surface area contributed by atoms with Gasteiger partial charge in [0.25, 0.3) is 0 Å². The summed E-state index contributed by atoms with van der Waals surface area (Å²) in [6, 6.07) is 6.51. The van der Waals surface area contributed by atoms with Crippen LogP contribution in [0.2, 0.25) is 0 Å². The van der Waals surface area contributed by atoms with Crippen molar-refractivity contribution in [3.8, 4) is 5.75 Å². The van der Waals surface area contributed by atoms with Crippen molar-refractivity contribution in [2.24, 2.45) is 0 Å². The molecular weight excluding hydrogens is 194 g/mol. The second-order valence-corrected chi connectivity index (χ2v) is 3.62. The fraction of sp³-hybridized carbons (Fsp3) is 0.455. The lowest BCUT2D eigenvalue weighted by molar-refractivity contribution is 0.411. The second-order valence-electron chi connectivity index (χ2n) is 3.25. The summed E-state index contributed by atoms with van der Waals surface area (Å²) in [7, 11) is 3.64. The van der Waals surface area contributed by atoms with Crippen LogP contribution >= 0.6 is 12.6 Å². The summed E-state index contributed by atoms with van der Waals surface area (Å²) < 4.78 is 5.21. The van der Waals surface area contributed by atoms with E-state index in [1.165, 1.54) is 5.56 Å². The Morgan fingerprint density at radius 3 is 2.64 bits per heavy atom. The van der Waals surface area contributed by atoms with Crippen molar-refractivity contribution >= 4 is 12.6 Å². The first-order valence-corrected chi connectivity index (χ1v) is 5.28.